The molecule has 6 nitrogen and oxygen atoms in total. The highest BCUT2D eigenvalue weighted by Crippen LogP contribution is 2.26. The molecule has 2 fully saturated rings. The van der Waals surface area contributed by atoms with Crippen molar-refractivity contribution in [1.29, 1.82) is 0 Å². The van der Waals surface area contributed by atoms with Gasteiger partial charge in [0.25, 0.3) is 0 Å². The smallest absolute Gasteiger partial charge is 0.416 e. The number of carbonyl (C=O) groups is 1. The molecule has 3 rings (SSSR count). The first kappa shape index (κ1) is 11.9. The Labute approximate surface area is 109 Å². The maximum Gasteiger partial charge on any atom is 0.416 e. The molecule has 98 valence electrons. The Morgan fingerprint density at radius 2 is 2.11 bits per heavy atom. The number of hydrogen-bond donors (Lipinski definition) is 0. The molecule has 1 aromatic heterocycles. The van der Waals surface area contributed by atoms with Gasteiger partial charge in [0, 0.05) is 30.7 Å². The molecule has 0 N–H and O–H groups in total. The molecule has 2 saturated heterocycles. The van der Waals surface area contributed by atoms with Gasteiger partial charge in [-0.2, -0.15) is 0 Å². The van der Waals surface area contributed by atoms with Crippen molar-refractivity contribution in [3.8, 4) is 0 Å². The van der Waals surface area contributed by atoms with E-state index in [9.17, 15) is 4.79 Å². The van der Waals surface area contributed by atoms with Gasteiger partial charge in [0.2, 0.25) is 0 Å². The molecule has 2 aliphatic rings. The summed E-state index contributed by atoms with van der Waals surface area (Å²) in [6.45, 7) is 5.44. The SMILES string of the molecule is O=C1OCCN1c1ncc(CN2CCOCC2)s1. The number of thiazole rings is 1. The molecule has 0 bridgehead atoms. The molecule has 3 heterocycles. The molecular weight excluding hydrogens is 254 g/mol. The maximum atomic E-state index is 11.4. The molecule has 1 amide bonds. The zero-order valence-electron chi connectivity index (χ0n) is 10.0. The summed E-state index contributed by atoms with van der Waals surface area (Å²) in [5.74, 6) is 0. The van der Waals surface area contributed by atoms with E-state index in [4.69, 9.17) is 9.47 Å². The minimum atomic E-state index is -0.290. The number of amides is 1. The van der Waals surface area contributed by atoms with Gasteiger partial charge in [-0.3, -0.25) is 4.90 Å². The summed E-state index contributed by atoms with van der Waals surface area (Å²) in [5.41, 5.74) is 0. The van der Waals surface area contributed by atoms with Crippen molar-refractivity contribution in [2.45, 2.75) is 6.54 Å². The standard InChI is InChI=1S/C11H15N3O3S/c15-11-14(3-6-17-11)10-12-7-9(18-10)8-13-1-4-16-5-2-13/h7H,1-6,8H2. The minimum absolute atomic E-state index is 0.290. The number of hydrogen-bond acceptors (Lipinski definition) is 6. The van der Waals surface area contributed by atoms with E-state index >= 15 is 0 Å². The first-order valence-corrected chi connectivity index (χ1v) is 6.84. The average molecular weight is 269 g/mol. The molecule has 18 heavy (non-hydrogen) atoms. The van der Waals surface area contributed by atoms with Crippen LogP contribution in [0.4, 0.5) is 9.93 Å². The summed E-state index contributed by atoms with van der Waals surface area (Å²) < 4.78 is 10.2. The van der Waals surface area contributed by atoms with Gasteiger partial charge in [-0.25, -0.2) is 14.7 Å². The van der Waals surface area contributed by atoms with Crippen molar-refractivity contribution >= 4 is 22.6 Å². The fraction of sp³-hybridized carbons (Fsp3) is 0.636. The van der Waals surface area contributed by atoms with Crippen molar-refractivity contribution in [3.05, 3.63) is 11.1 Å². The minimum Gasteiger partial charge on any atom is -0.447 e. The largest absolute Gasteiger partial charge is 0.447 e. The number of rotatable bonds is 3. The second kappa shape index (κ2) is 5.21. The second-order valence-electron chi connectivity index (χ2n) is 4.26. The van der Waals surface area contributed by atoms with E-state index in [1.165, 1.54) is 4.88 Å². The molecule has 0 radical (unpaired) electrons. The molecule has 0 atom stereocenters. The summed E-state index contributed by atoms with van der Waals surface area (Å²) in [6, 6.07) is 0. The third kappa shape index (κ3) is 2.47. The lowest BCUT2D eigenvalue weighted by molar-refractivity contribution is 0.0346. The van der Waals surface area contributed by atoms with Gasteiger partial charge in [-0.1, -0.05) is 0 Å². The summed E-state index contributed by atoms with van der Waals surface area (Å²) in [5, 5.41) is 0.737. The highest BCUT2D eigenvalue weighted by molar-refractivity contribution is 7.15. The molecule has 2 aliphatic heterocycles. The van der Waals surface area contributed by atoms with Gasteiger partial charge in [-0.05, 0) is 0 Å². The van der Waals surface area contributed by atoms with Gasteiger partial charge in [-0.15, -0.1) is 11.3 Å². The highest BCUT2D eigenvalue weighted by atomic mass is 32.1. The summed E-state index contributed by atoms with van der Waals surface area (Å²) in [6.07, 6.45) is 1.56. The zero-order valence-corrected chi connectivity index (χ0v) is 10.8. The van der Waals surface area contributed by atoms with E-state index in [2.05, 4.69) is 9.88 Å². The van der Waals surface area contributed by atoms with Crippen molar-refractivity contribution in [1.82, 2.24) is 9.88 Å². The first-order valence-electron chi connectivity index (χ1n) is 6.02. The van der Waals surface area contributed by atoms with Crippen LogP contribution in [0.2, 0.25) is 0 Å². The van der Waals surface area contributed by atoms with Crippen LogP contribution in [-0.2, 0) is 16.0 Å². The summed E-state index contributed by atoms with van der Waals surface area (Å²) in [7, 11) is 0. The quantitative estimate of drug-likeness (QED) is 0.817. The number of aromatic nitrogens is 1. The Kier molecular flexibility index (Phi) is 3.44. The molecule has 7 heteroatoms. The van der Waals surface area contributed by atoms with Crippen LogP contribution in [0.25, 0.3) is 0 Å². The van der Waals surface area contributed by atoms with Crippen molar-refractivity contribution < 1.29 is 14.3 Å². The van der Waals surface area contributed by atoms with E-state index in [0.717, 1.165) is 38.0 Å². The Bertz CT molecular complexity index is 431. The monoisotopic (exact) mass is 269 g/mol. The molecule has 0 aromatic carbocycles. The lowest BCUT2D eigenvalue weighted by Gasteiger charge is -2.25. The second-order valence-corrected chi connectivity index (χ2v) is 5.36. The van der Waals surface area contributed by atoms with Crippen LogP contribution in [0.15, 0.2) is 6.20 Å². The fourth-order valence-corrected chi connectivity index (χ4v) is 3.01. The van der Waals surface area contributed by atoms with Crippen molar-refractivity contribution in [2.75, 3.05) is 44.4 Å². The Balaban J connectivity index is 1.63. The third-order valence-corrected chi connectivity index (χ3v) is 4.02. The maximum absolute atomic E-state index is 11.4. The molecule has 0 aliphatic carbocycles. The number of nitrogens with zero attached hydrogens (tertiary/aromatic N) is 3. The molecule has 0 saturated carbocycles. The lowest BCUT2D eigenvalue weighted by Crippen LogP contribution is -2.35. The molecule has 0 spiro atoms. The normalized spacial score (nSPS) is 21.3. The van der Waals surface area contributed by atoms with Crippen LogP contribution in [-0.4, -0.2) is 55.4 Å². The van der Waals surface area contributed by atoms with Gasteiger partial charge in [0.15, 0.2) is 5.13 Å². The van der Waals surface area contributed by atoms with Crippen LogP contribution in [0.1, 0.15) is 4.88 Å². The van der Waals surface area contributed by atoms with Gasteiger partial charge >= 0.3 is 6.09 Å². The predicted molar refractivity (Wildman–Crippen MR) is 66.9 cm³/mol. The van der Waals surface area contributed by atoms with Gasteiger partial charge in [0.1, 0.15) is 6.61 Å². The Morgan fingerprint density at radius 1 is 1.28 bits per heavy atom. The molecule has 1 aromatic rings. The van der Waals surface area contributed by atoms with Crippen LogP contribution in [0.3, 0.4) is 0 Å². The number of cyclic esters (lactones) is 1. The number of morpholine rings is 1. The van der Waals surface area contributed by atoms with E-state index in [0.29, 0.717) is 13.2 Å². The third-order valence-electron chi connectivity index (χ3n) is 3.02. The van der Waals surface area contributed by atoms with E-state index in [1.54, 1.807) is 16.2 Å². The molecule has 0 unspecified atom stereocenters. The number of anilines is 1. The number of carbonyl (C=O) groups excluding carboxylic acids is 1. The van der Waals surface area contributed by atoms with E-state index < -0.39 is 0 Å². The van der Waals surface area contributed by atoms with Crippen LogP contribution in [0, 0.1) is 0 Å². The van der Waals surface area contributed by atoms with Crippen LogP contribution < -0.4 is 4.90 Å². The highest BCUT2D eigenvalue weighted by Gasteiger charge is 2.26. The number of ether oxygens (including phenoxy) is 2. The van der Waals surface area contributed by atoms with Crippen molar-refractivity contribution in [3.63, 3.8) is 0 Å². The fourth-order valence-electron chi connectivity index (χ4n) is 2.04. The van der Waals surface area contributed by atoms with Gasteiger partial charge in [0.05, 0.1) is 19.8 Å². The van der Waals surface area contributed by atoms with E-state index in [1.807, 2.05) is 6.20 Å². The van der Waals surface area contributed by atoms with Crippen LogP contribution in [0.5, 0.6) is 0 Å². The van der Waals surface area contributed by atoms with Gasteiger partial charge < -0.3 is 9.47 Å². The molecular formula is C11H15N3O3S. The first-order chi connectivity index (χ1) is 8.83. The lowest BCUT2D eigenvalue weighted by atomic mass is 10.4. The van der Waals surface area contributed by atoms with Crippen molar-refractivity contribution in [2.24, 2.45) is 0 Å². The Morgan fingerprint density at radius 3 is 2.83 bits per heavy atom. The predicted octanol–water partition coefficient (Wildman–Crippen LogP) is 0.932. The summed E-state index contributed by atoms with van der Waals surface area (Å²) in [4.78, 5) is 20.8. The summed E-state index contributed by atoms with van der Waals surface area (Å²) >= 11 is 1.56. The van der Waals surface area contributed by atoms with Crippen LogP contribution >= 0.6 is 11.3 Å². The Hall–Kier alpha value is -1.18. The average Bonchev–Trinajstić information content (AvgIpc) is 2.99. The zero-order chi connectivity index (χ0) is 12.4. The topological polar surface area (TPSA) is 54.9 Å². The van der Waals surface area contributed by atoms with E-state index in [-0.39, 0.29) is 6.09 Å².